The summed E-state index contributed by atoms with van der Waals surface area (Å²) in [5.41, 5.74) is 3.01. The van der Waals surface area contributed by atoms with Crippen LogP contribution < -0.4 is 15.4 Å². The molecule has 2 aromatic heterocycles. The van der Waals surface area contributed by atoms with E-state index in [-0.39, 0.29) is 0 Å². The van der Waals surface area contributed by atoms with Gasteiger partial charge in [0.15, 0.2) is 5.96 Å². The van der Waals surface area contributed by atoms with Crippen LogP contribution in [0.25, 0.3) is 11.0 Å². The number of hydrogen-bond acceptors (Lipinski definition) is 4. The summed E-state index contributed by atoms with van der Waals surface area (Å²) in [6.07, 6.45) is 1.71. The van der Waals surface area contributed by atoms with E-state index < -0.39 is 0 Å². The second-order valence-corrected chi connectivity index (χ2v) is 5.60. The summed E-state index contributed by atoms with van der Waals surface area (Å²) in [5, 5.41) is 7.68. The minimum Gasteiger partial charge on any atom is -0.481 e. The van der Waals surface area contributed by atoms with Crippen molar-refractivity contribution >= 4 is 16.9 Å². The van der Waals surface area contributed by atoms with Gasteiger partial charge in [-0.1, -0.05) is 24.3 Å². The number of aliphatic imine (C=N–C) groups is 1. The van der Waals surface area contributed by atoms with Gasteiger partial charge in [0.25, 0.3) is 0 Å². The number of furan rings is 1. The van der Waals surface area contributed by atoms with Gasteiger partial charge in [0.05, 0.1) is 13.7 Å². The molecule has 0 unspecified atom stereocenters. The number of ether oxygens (including phenoxy) is 1. The Morgan fingerprint density at radius 2 is 1.96 bits per heavy atom. The molecule has 25 heavy (non-hydrogen) atoms. The SMILES string of the molecule is CN=C(NCc1cccnc1OC)NCc1oc2ccccc2c1C. The van der Waals surface area contributed by atoms with Crippen LogP contribution in [0.2, 0.25) is 0 Å². The second kappa shape index (κ2) is 7.70. The smallest absolute Gasteiger partial charge is 0.218 e. The number of para-hydroxylation sites is 1. The molecule has 2 heterocycles. The summed E-state index contributed by atoms with van der Waals surface area (Å²) in [6, 6.07) is 11.9. The van der Waals surface area contributed by atoms with Crippen LogP contribution in [0.3, 0.4) is 0 Å². The number of aromatic nitrogens is 1. The fraction of sp³-hybridized carbons (Fsp3) is 0.263. The van der Waals surface area contributed by atoms with Crippen molar-refractivity contribution in [3.8, 4) is 5.88 Å². The summed E-state index contributed by atoms with van der Waals surface area (Å²) >= 11 is 0. The number of hydrogen-bond donors (Lipinski definition) is 2. The number of pyridine rings is 1. The lowest BCUT2D eigenvalue weighted by atomic mass is 10.1. The number of aryl methyl sites for hydroxylation is 1. The van der Waals surface area contributed by atoms with Crippen molar-refractivity contribution in [3.63, 3.8) is 0 Å². The normalized spacial score (nSPS) is 11.6. The van der Waals surface area contributed by atoms with Gasteiger partial charge in [-0.2, -0.15) is 0 Å². The van der Waals surface area contributed by atoms with Crippen molar-refractivity contribution in [2.24, 2.45) is 4.99 Å². The Hall–Kier alpha value is -3.02. The number of nitrogens with zero attached hydrogens (tertiary/aromatic N) is 2. The first-order chi connectivity index (χ1) is 12.2. The van der Waals surface area contributed by atoms with E-state index in [2.05, 4.69) is 33.6 Å². The van der Waals surface area contributed by atoms with Gasteiger partial charge in [-0.25, -0.2) is 4.98 Å². The van der Waals surface area contributed by atoms with Crippen LogP contribution in [0.1, 0.15) is 16.9 Å². The van der Waals surface area contributed by atoms with Crippen molar-refractivity contribution < 1.29 is 9.15 Å². The lowest BCUT2D eigenvalue weighted by Crippen LogP contribution is -2.36. The predicted molar refractivity (Wildman–Crippen MR) is 98.8 cm³/mol. The fourth-order valence-electron chi connectivity index (χ4n) is 2.70. The molecule has 0 saturated carbocycles. The number of nitrogens with one attached hydrogen (secondary N) is 2. The molecule has 130 valence electrons. The number of methoxy groups -OCH3 is 1. The summed E-state index contributed by atoms with van der Waals surface area (Å²) in [4.78, 5) is 8.44. The molecule has 0 radical (unpaired) electrons. The Labute approximate surface area is 146 Å². The zero-order valence-corrected chi connectivity index (χ0v) is 14.7. The van der Waals surface area contributed by atoms with Gasteiger partial charge in [-0.05, 0) is 19.1 Å². The van der Waals surface area contributed by atoms with E-state index in [9.17, 15) is 0 Å². The van der Waals surface area contributed by atoms with E-state index in [0.29, 0.717) is 24.9 Å². The highest BCUT2D eigenvalue weighted by molar-refractivity contribution is 5.82. The molecule has 6 heteroatoms. The van der Waals surface area contributed by atoms with Crippen molar-refractivity contribution in [2.45, 2.75) is 20.0 Å². The Kier molecular flexibility index (Phi) is 5.18. The number of fused-ring (bicyclic) bond motifs is 1. The highest BCUT2D eigenvalue weighted by Crippen LogP contribution is 2.24. The predicted octanol–water partition coefficient (Wildman–Crippen LogP) is 3.01. The molecule has 0 aliphatic heterocycles. The number of rotatable bonds is 5. The number of benzene rings is 1. The molecular formula is C19H22N4O2. The molecule has 0 fully saturated rings. The van der Waals surface area contributed by atoms with Crippen LogP contribution in [0.15, 0.2) is 52.0 Å². The first kappa shape index (κ1) is 16.8. The maximum atomic E-state index is 5.92. The molecule has 1 aromatic carbocycles. The van der Waals surface area contributed by atoms with Gasteiger partial charge in [-0.15, -0.1) is 0 Å². The van der Waals surface area contributed by atoms with E-state index >= 15 is 0 Å². The van der Waals surface area contributed by atoms with Crippen LogP contribution >= 0.6 is 0 Å². The average molecular weight is 338 g/mol. The van der Waals surface area contributed by atoms with Crippen LogP contribution in [-0.2, 0) is 13.1 Å². The van der Waals surface area contributed by atoms with E-state index in [1.54, 1.807) is 20.4 Å². The van der Waals surface area contributed by atoms with Crippen molar-refractivity contribution in [1.82, 2.24) is 15.6 Å². The van der Waals surface area contributed by atoms with Gasteiger partial charge >= 0.3 is 0 Å². The zero-order chi connectivity index (χ0) is 17.6. The van der Waals surface area contributed by atoms with Crippen molar-refractivity contribution in [2.75, 3.05) is 14.2 Å². The standard InChI is InChI=1S/C19H22N4O2/c1-13-15-8-4-5-9-16(15)25-17(13)12-23-19(20-2)22-11-14-7-6-10-21-18(14)24-3/h4-10H,11-12H2,1-3H3,(H2,20,22,23). The molecule has 3 rings (SSSR count). The van der Waals surface area contributed by atoms with E-state index in [1.165, 1.54) is 0 Å². The first-order valence-electron chi connectivity index (χ1n) is 8.12. The van der Waals surface area contributed by atoms with E-state index in [4.69, 9.17) is 9.15 Å². The maximum absolute atomic E-state index is 5.92. The molecule has 0 aliphatic rings. The van der Waals surface area contributed by atoms with Crippen LogP contribution in [0, 0.1) is 6.92 Å². The molecule has 3 aromatic rings. The largest absolute Gasteiger partial charge is 0.481 e. The molecule has 2 N–H and O–H groups in total. The minimum absolute atomic E-state index is 0.560. The molecule has 0 aliphatic carbocycles. The summed E-state index contributed by atoms with van der Waals surface area (Å²) < 4.78 is 11.2. The molecule has 0 amide bonds. The molecule has 0 bridgehead atoms. The first-order valence-corrected chi connectivity index (χ1v) is 8.12. The Bertz CT molecular complexity index is 886. The summed E-state index contributed by atoms with van der Waals surface area (Å²) in [7, 11) is 3.35. The Morgan fingerprint density at radius 3 is 2.72 bits per heavy atom. The van der Waals surface area contributed by atoms with Crippen molar-refractivity contribution in [1.29, 1.82) is 0 Å². The van der Waals surface area contributed by atoms with Crippen LogP contribution in [-0.4, -0.2) is 25.1 Å². The minimum atomic E-state index is 0.560. The van der Waals surface area contributed by atoms with Gasteiger partial charge in [-0.3, -0.25) is 4.99 Å². The maximum Gasteiger partial charge on any atom is 0.218 e. The molecule has 0 spiro atoms. The summed E-state index contributed by atoms with van der Waals surface area (Å²) in [6.45, 7) is 3.19. The third-order valence-electron chi connectivity index (χ3n) is 4.07. The monoisotopic (exact) mass is 338 g/mol. The van der Waals surface area contributed by atoms with Crippen LogP contribution in [0.4, 0.5) is 0 Å². The lowest BCUT2D eigenvalue weighted by molar-refractivity contribution is 0.392. The van der Waals surface area contributed by atoms with Gasteiger partial charge in [0, 0.05) is 36.3 Å². The van der Waals surface area contributed by atoms with E-state index in [1.807, 2.05) is 30.3 Å². The highest BCUT2D eigenvalue weighted by Gasteiger charge is 2.10. The van der Waals surface area contributed by atoms with E-state index in [0.717, 1.165) is 27.9 Å². The quantitative estimate of drug-likeness (QED) is 0.553. The Balaban J connectivity index is 1.63. The average Bonchev–Trinajstić information content (AvgIpc) is 2.98. The van der Waals surface area contributed by atoms with Crippen LogP contribution in [0.5, 0.6) is 5.88 Å². The fourth-order valence-corrected chi connectivity index (χ4v) is 2.70. The van der Waals surface area contributed by atoms with Crippen molar-refractivity contribution in [3.05, 3.63) is 59.5 Å². The van der Waals surface area contributed by atoms with Gasteiger partial charge in [0.1, 0.15) is 11.3 Å². The number of guanidine groups is 1. The Morgan fingerprint density at radius 1 is 1.16 bits per heavy atom. The third-order valence-corrected chi connectivity index (χ3v) is 4.07. The molecule has 6 nitrogen and oxygen atoms in total. The topological polar surface area (TPSA) is 71.7 Å². The lowest BCUT2D eigenvalue weighted by Gasteiger charge is -2.12. The second-order valence-electron chi connectivity index (χ2n) is 5.60. The molecular weight excluding hydrogens is 316 g/mol. The zero-order valence-electron chi connectivity index (χ0n) is 14.7. The third kappa shape index (κ3) is 3.74. The highest BCUT2D eigenvalue weighted by atomic mass is 16.5. The molecule has 0 saturated heterocycles. The molecule has 0 atom stereocenters. The van der Waals surface area contributed by atoms with Gasteiger partial charge < -0.3 is 19.8 Å². The van der Waals surface area contributed by atoms with Gasteiger partial charge in [0.2, 0.25) is 5.88 Å². The summed E-state index contributed by atoms with van der Waals surface area (Å²) in [5.74, 6) is 2.20.